The van der Waals surface area contributed by atoms with Crippen LogP contribution in [0.3, 0.4) is 0 Å². The molecular weight excluding hydrogens is 254 g/mol. The second-order valence-corrected chi connectivity index (χ2v) is 6.33. The SMILES string of the molecule is Cc1ccnc2c1N(C(=O)O)C(C(C)(C)C)C(C#N)C2. The summed E-state index contributed by atoms with van der Waals surface area (Å²) in [6.45, 7) is 7.78. The Morgan fingerprint density at radius 1 is 1.55 bits per heavy atom. The molecule has 2 heterocycles. The van der Waals surface area contributed by atoms with Crippen LogP contribution in [0.2, 0.25) is 0 Å². The van der Waals surface area contributed by atoms with Crippen molar-refractivity contribution in [1.29, 1.82) is 5.26 Å². The van der Waals surface area contributed by atoms with Gasteiger partial charge in [0, 0.05) is 12.6 Å². The second kappa shape index (κ2) is 4.78. The lowest BCUT2D eigenvalue weighted by Gasteiger charge is -2.45. The highest BCUT2D eigenvalue weighted by Crippen LogP contribution is 2.41. The molecule has 1 N–H and O–H groups in total. The minimum atomic E-state index is -1.03. The van der Waals surface area contributed by atoms with E-state index in [0.29, 0.717) is 17.8 Å². The molecule has 2 atom stereocenters. The van der Waals surface area contributed by atoms with Crippen molar-refractivity contribution < 1.29 is 9.90 Å². The van der Waals surface area contributed by atoms with Crippen LogP contribution in [0.4, 0.5) is 10.5 Å². The summed E-state index contributed by atoms with van der Waals surface area (Å²) < 4.78 is 0. The molecule has 2 unspecified atom stereocenters. The summed E-state index contributed by atoms with van der Waals surface area (Å²) in [7, 11) is 0. The van der Waals surface area contributed by atoms with E-state index in [-0.39, 0.29) is 17.4 Å². The minimum Gasteiger partial charge on any atom is -0.465 e. The number of aryl methyl sites for hydroxylation is 1. The Labute approximate surface area is 118 Å². The molecule has 1 aromatic rings. The highest BCUT2D eigenvalue weighted by atomic mass is 16.4. The Morgan fingerprint density at radius 2 is 2.20 bits per heavy atom. The number of nitriles is 1. The van der Waals surface area contributed by atoms with E-state index in [2.05, 4.69) is 11.1 Å². The number of hydrogen-bond donors (Lipinski definition) is 1. The zero-order valence-corrected chi connectivity index (χ0v) is 12.2. The summed E-state index contributed by atoms with van der Waals surface area (Å²) in [5, 5.41) is 19.1. The molecule has 5 nitrogen and oxygen atoms in total. The molecule has 0 aliphatic carbocycles. The fraction of sp³-hybridized carbons (Fsp3) is 0.533. The van der Waals surface area contributed by atoms with Crippen LogP contribution in [0.1, 0.15) is 32.0 Å². The van der Waals surface area contributed by atoms with Crippen LogP contribution in [0.25, 0.3) is 0 Å². The summed E-state index contributed by atoms with van der Waals surface area (Å²) in [6, 6.07) is 3.69. The molecule has 20 heavy (non-hydrogen) atoms. The number of fused-ring (bicyclic) bond motifs is 1. The van der Waals surface area contributed by atoms with Crippen molar-refractivity contribution in [2.24, 2.45) is 11.3 Å². The first-order valence-electron chi connectivity index (χ1n) is 6.63. The second-order valence-electron chi connectivity index (χ2n) is 6.33. The van der Waals surface area contributed by atoms with Crippen molar-refractivity contribution in [2.75, 3.05) is 4.90 Å². The van der Waals surface area contributed by atoms with Crippen LogP contribution in [-0.4, -0.2) is 22.2 Å². The molecule has 0 spiro atoms. The van der Waals surface area contributed by atoms with E-state index in [4.69, 9.17) is 0 Å². The quantitative estimate of drug-likeness (QED) is 0.788. The molecule has 0 fully saturated rings. The smallest absolute Gasteiger partial charge is 0.412 e. The molecule has 106 valence electrons. The number of carbonyl (C=O) groups is 1. The maximum atomic E-state index is 11.8. The van der Waals surface area contributed by atoms with Gasteiger partial charge in [0.25, 0.3) is 0 Å². The Balaban J connectivity index is 2.68. The highest BCUT2D eigenvalue weighted by molar-refractivity contribution is 5.89. The van der Waals surface area contributed by atoms with Gasteiger partial charge in [-0.3, -0.25) is 9.88 Å². The van der Waals surface area contributed by atoms with Gasteiger partial charge in [0.1, 0.15) is 0 Å². The Bertz CT molecular complexity index is 584. The fourth-order valence-corrected chi connectivity index (χ4v) is 3.05. The van der Waals surface area contributed by atoms with Gasteiger partial charge in [-0.25, -0.2) is 4.79 Å². The van der Waals surface area contributed by atoms with Crippen molar-refractivity contribution >= 4 is 11.8 Å². The molecule has 0 radical (unpaired) electrons. The number of amides is 1. The summed E-state index contributed by atoms with van der Waals surface area (Å²) in [6.07, 6.45) is 1.14. The third kappa shape index (κ3) is 2.22. The first-order valence-corrected chi connectivity index (χ1v) is 6.63. The van der Waals surface area contributed by atoms with Crippen molar-refractivity contribution in [2.45, 2.75) is 40.2 Å². The Hall–Kier alpha value is -2.09. The van der Waals surface area contributed by atoms with Gasteiger partial charge in [-0.2, -0.15) is 5.26 Å². The van der Waals surface area contributed by atoms with E-state index >= 15 is 0 Å². The first kappa shape index (κ1) is 14.3. The lowest BCUT2D eigenvalue weighted by atomic mass is 9.74. The van der Waals surface area contributed by atoms with Gasteiger partial charge >= 0.3 is 6.09 Å². The molecule has 0 bridgehead atoms. The average molecular weight is 273 g/mol. The lowest BCUT2D eigenvalue weighted by Crippen LogP contribution is -2.54. The third-order valence-electron chi connectivity index (χ3n) is 3.77. The van der Waals surface area contributed by atoms with Crippen LogP contribution in [-0.2, 0) is 6.42 Å². The van der Waals surface area contributed by atoms with Crippen molar-refractivity contribution in [3.63, 3.8) is 0 Å². The molecule has 1 amide bonds. The summed E-state index contributed by atoms with van der Waals surface area (Å²) in [5.74, 6) is -0.382. The topological polar surface area (TPSA) is 77.2 Å². The van der Waals surface area contributed by atoms with Crippen molar-refractivity contribution in [1.82, 2.24) is 4.98 Å². The normalized spacial score (nSPS) is 22.1. The fourth-order valence-electron chi connectivity index (χ4n) is 3.05. The molecule has 0 saturated carbocycles. The minimum absolute atomic E-state index is 0.321. The molecule has 5 heteroatoms. The number of carboxylic acid groups (broad SMARTS) is 1. The van der Waals surface area contributed by atoms with E-state index in [1.807, 2.05) is 27.7 Å². The number of anilines is 1. The first-order chi connectivity index (χ1) is 9.27. The number of nitrogens with zero attached hydrogens (tertiary/aromatic N) is 3. The number of rotatable bonds is 0. The van der Waals surface area contributed by atoms with Gasteiger partial charge in [0.2, 0.25) is 0 Å². The number of aromatic nitrogens is 1. The number of pyridine rings is 1. The predicted molar refractivity (Wildman–Crippen MR) is 75.5 cm³/mol. The summed E-state index contributed by atoms with van der Waals surface area (Å²) in [5.41, 5.74) is 1.90. The van der Waals surface area contributed by atoms with E-state index in [1.165, 1.54) is 4.90 Å². The maximum Gasteiger partial charge on any atom is 0.412 e. The Kier molecular flexibility index (Phi) is 3.43. The van der Waals surface area contributed by atoms with Gasteiger partial charge in [-0.1, -0.05) is 20.8 Å². The van der Waals surface area contributed by atoms with Crippen LogP contribution in [0.5, 0.6) is 0 Å². The molecule has 1 aromatic heterocycles. The van der Waals surface area contributed by atoms with Crippen molar-refractivity contribution in [3.05, 3.63) is 23.5 Å². The van der Waals surface area contributed by atoms with E-state index < -0.39 is 6.09 Å². The van der Waals surface area contributed by atoms with Crippen LogP contribution >= 0.6 is 0 Å². The van der Waals surface area contributed by atoms with E-state index in [9.17, 15) is 15.2 Å². The number of hydrogen-bond acceptors (Lipinski definition) is 3. The third-order valence-corrected chi connectivity index (χ3v) is 3.77. The molecule has 0 aromatic carbocycles. The average Bonchev–Trinajstić information content (AvgIpc) is 2.35. The molecule has 2 rings (SSSR count). The van der Waals surface area contributed by atoms with Crippen LogP contribution in [0, 0.1) is 29.6 Å². The predicted octanol–water partition coefficient (Wildman–Crippen LogP) is 2.99. The van der Waals surface area contributed by atoms with Gasteiger partial charge in [0.15, 0.2) is 0 Å². The maximum absolute atomic E-state index is 11.8. The molecular formula is C15H19N3O2. The largest absolute Gasteiger partial charge is 0.465 e. The lowest BCUT2D eigenvalue weighted by molar-refractivity contribution is 0.177. The highest BCUT2D eigenvalue weighted by Gasteiger charge is 2.45. The van der Waals surface area contributed by atoms with Gasteiger partial charge in [-0.05, 0) is 24.0 Å². The van der Waals surface area contributed by atoms with Crippen LogP contribution < -0.4 is 4.90 Å². The molecule has 1 aliphatic rings. The zero-order chi connectivity index (χ0) is 15.1. The van der Waals surface area contributed by atoms with E-state index in [0.717, 1.165) is 5.56 Å². The summed E-state index contributed by atoms with van der Waals surface area (Å²) >= 11 is 0. The van der Waals surface area contributed by atoms with Crippen LogP contribution in [0.15, 0.2) is 12.3 Å². The van der Waals surface area contributed by atoms with E-state index in [1.54, 1.807) is 12.3 Å². The molecule has 0 saturated heterocycles. The molecule has 1 aliphatic heterocycles. The standard InChI is InChI=1S/C15H19N3O2/c1-9-5-6-17-11-7-10(8-16)13(15(2,3)4)18(12(9)11)14(19)20/h5-6,10,13H,7H2,1-4H3,(H,19,20). The van der Waals surface area contributed by atoms with Gasteiger partial charge < -0.3 is 5.11 Å². The monoisotopic (exact) mass is 273 g/mol. The van der Waals surface area contributed by atoms with Crippen molar-refractivity contribution in [3.8, 4) is 6.07 Å². The zero-order valence-electron chi connectivity index (χ0n) is 12.2. The van der Waals surface area contributed by atoms with Gasteiger partial charge in [-0.15, -0.1) is 0 Å². The Morgan fingerprint density at radius 3 is 2.70 bits per heavy atom. The van der Waals surface area contributed by atoms with Gasteiger partial charge in [0.05, 0.1) is 29.4 Å². The summed E-state index contributed by atoms with van der Waals surface area (Å²) in [4.78, 5) is 17.4.